The van der Waals surface area contributed by atoms with E-state index in [9.17, 15) is 22.8 Å². The van der Waals surface area contributed by atoms with E-state index in [1.165, 1.54) is 35.1 Å². The first-order chi connectivity index (χ1) is 23.1. The predicted octanol–water partition coefficient (Wildman–Crippen LogP) is 3.91. The van der Waals surface area contributed by atoms with Gasteiger partial charge in [-0.05, 0) is 55.7 Å². The molecule has 4 heterocycles. The Morgan fingerprint density at radius 3 is 2.49 bits per heavy atom. The van der Waals surface area contributed by atoms with Crippen molar-refractivity contribution in [1.29, 1.82) is 0 Å². The van der Waals surface area contributed by atoms with Crippen molar-refractivity contribution in [2.45, 2.75) is 64.4 Å². The number of carbonyl (C=O) groups is 2. The van der Waals surface area contributed by atoms with Crippen molar-refractivity contribution in [1.82, 2.24) is 25.1 Å². The number of ether oxygens (including phenoxy) is 3. The van der Waals surface area contributed by atoms with E-state index in [-0.39, 0.29) is 52.6 Å². The largest absolute Gasteiger partial charge is 0.461 e. The number of halogens is 4. The molecule has 13 nitrogen and oxygen atoms in total. The van der Waals surface area contributed by atoms with Crippen LogP contribution in [0.4, 0.5) is 24.9 Å². The van der Waals surface area contributed by atoms with Crippen molar-refractivity contribution in [2.75, 3.05) is 43.5 Å². The zero-order chi connectivity index (χ0) is 35.5. The molecule has 3 aromatic rings. The third kappa shape index (κ3) is 8.72. The van der Waals surface area contributed by atoms with E-state index in [1.807, 2.05) is 18.7 Å². The number of nitrogens with one attached hydrogen (secondary N) is 1. The van der Waals surface area contributed by atoms with Crippen LogP contribution >= 0.6 is 11.6 Å². The van der Waals surface area contributed by atoms with Gasteiger partial charge in [0.15, 0.2) is 0 Å². The van der Waals surface area contributed by atoms with Crippen molar-refractivity contribution in [2.24, 2.45) is 17.1 Å². The van der Waals surface area contributed by atoms with Gasteiger partial charge >= 0.3 is 18.1 Å². The summed E-state index contributed by atoms with van der Waals surface area (Å²) in [5.74, 6) is -1.31. The van der Waals surface area contributed by atoms with E-state index < -0.39 is 36.3 Å². The minimum absolute atomic E-state index is 0.0733. The number of anilines is 2. The molecule has 17 heteroatoms. The van der Waals surface area contributed by atoms with Crippen LogP contribution in [0.3, 0.4) is 0 Å². The minimum Gasteiger partial charge on any atom is -0.461 e. The summed E-state index contributed by atoms with van der Waals surface area (Å²) in [4.78, 5) is 34.7. The number of nitrogen functional groups attached to an aromatic ring is 1. The number of piperidine rings is 1. The Labute approximate surface area is 286 Å². The molecular formula is C32H40ClF3N8O5. The maximum atomic E-state index is 14.5. The molecule has 5 rings (SSSR count). The Kier molecular flexibility index (Phi) is 10.9. The zero-order valence-corrected chi connectivity index (χ0v) is 28.1. The van der Waals surface area contributed by atoms with Gasteiger partial charge in [0.25, 0.3) is 0 Å². The van der Waals surface area contributed by atoms with Gasteiger partial charge in [-0.1, -0.05) is 31.5 Å². The summed E-state index contributed by atoms with van der Waals surface area (Å²) in [6.07, 6.45) is -3.81. The molecule has 0 aliphatic carbocycles. The van der Waals surface area contributed by atoms with Gasteiger partial charge in [0.2, 0.25) is 17.9 Å². The van der Waals surface area contributed by atoms with Gasteiger partial charge in [-0.15, -0.1) is 0 Å². The summed E-state index contributed by atoms with van der Waals surface area (Å²) in [6.45, 7) is 6.78. The number of alkyl halides is 3. The Balaban J connectivity index is 1.21. The van der Waals surface area contributed by atoms with Gasteiger partial charge < -0.3 is 35.9 Å². The molecule has 5 N–H and O–H groups in total. The lowest BCUT2D eigenvalue weighted by Crippen LogP contribution is -2.41. The minimum atomic E-state index is -4.83. The average molecular weight is 709 g/mol. The third-order valence-corrected chi connectivity index (χ3v) is 9.08. The molecule has 2 aliphatic rings. The molecular weight excluding hydrogens is 669 g/mol. The van der Waals surface area contributed by atoms with Crippen molar-refractivity contribution < 1.29 is 37.0 Å². The first-order valence-electron chi connectivity index (χ1n) is 15.9. The fourth-order valence-corrected chi connectivity index (χ4v) is 6.16. The van der Waals surface area contributed by atoms with Gasteiger partial charge in [-0.3, -0.25) is 9.59 Å². The van der Waals surface area contributed by atoms with Crippen molar-refractivity contribution in [3.8, 4) is 11.6 Å². The highest BCUT2D eigenvalue weighted by atomic mass is 35.5. The molecule has 0 radical (unpaired) electrons. The quantitative estimate of drug-likeness (QED) is 0.194. The highest BCUT2D eigenvalue weighted by Crippen LogP contribution is 2.42. The molecule has 3 atom stereocenters. The second-order valence-electron chi connectivity index (χ2n) is 12.8. The first kappa shape index (κ1) is 36.1. The van der Waals surface area contributed by atoms with Gasteiger partial charge in [0.1, 0.15) is 31.1 Å². The van der Waals surface area contributed by atoms with Gasteiger partial charge in [-0.25, -0.2) is 4.68 Å². The van der Waals surface area contributed by atoms with Crippen LogP contribution in [0.5, 0.6) is 5.88 Å². The number of nitrogens with zero attached hydrogens (tertiary/aromatic N) is 5. The summed E-state index contributed by atoms with van der Waals surface area (Å²) >= 11 is 6.15. The lowest BCUT2D eigenvalue weighted by molar-refractivity contribution is -0.198. The first-order valence-corrected chi connectivity index (χ1v) is 16.3. The van der Waals surface area contributed by atoms with Crippen LogP contribution in [-0.2, 0) is 19.1 Å². The second-order valence-corrected chi connectivity index (χ2v) is 13.2. The van der Waals surface area contributed by atoms with Crippen LogP contribution in [0.15, 0.2) is 36.5 Å². The average Bonchev–Trinajstić information content (AvgIpc) is 3.67. The number of carbonyl (C=O) groups excluding carboxylic acids is 2. The molecule has 0 amide bonds. The van der Waals surface area contributed by atoms with E-state index in [0.29, 0.717) is 50.4 Å². The van der Waals surface area contributed by atoms with Crippen LogP contribution < -0.4 is 26.4 Å². The molecule has 0 unspecified atom stereocenters. The molecule has 0 bridgehead atoms. The van der Waals surface area contributed by atoms with Crippen LogP contribution in [0.1, 0.15) is 50.5 Å². The summed E-state index contributed by atoms with van der Waals surface area (Å²) in [6, 6.07) is 5.73. The Bertz CT molecular complexity index is 1650. The topological polar surface area (TPSA) is 173 Å². The zero-order valence-electron chi connectivity index (χ0n) is 27.4. The third-order valence-electron chi connectivity index (χ3n) is 8.84. The highest BCUT2D eigenvalue weighted by molar-refractivity contribution is 6.30. The number of hydrogen-bond donors (Lipinski definition) is 3. The van der Waals surface area contributed by atoms with Crippen LogP contribution in [0.2, 0.25) is 5.02 Å². The Morgan fingerprint density at radius 1 is 1.12 bits per heavy atom. The van der Waals surface area contributed by atoms with Gasteiger partial charge in [0, 0.05) is 42.5 Å². The Hall–Kier alpha value is -4.15. The molecule has 0 saturated carbocycles. The molecule has 266 valence electrons. The molecule has 1 aromatic carbocycles. The van der Waals surface area contributed by atoms with E-state index in [0.717, 1.165) is 0 Å². The molecule has 2 saturated heterocycles. The smallest absolute Gasteiger partial charge is 0.429 e. The molecule has 2 fully saturated rings. The summed E-state index contributed by atoms with van der Waals surface area (Å²) in [7, 11) is 0. The van der Waals surface area contributed by atoms with Crippen molar-refractivity contribution >= 4 is 35.3 Å². The number of hydrogen-bond acceptors (Lipinski definition) is 12. The predicted molar refractivity (Wildman–Crippen MR) is 174 cm³/mol. The summed E-state index contributed by atoms with van der Waals surface area (Å²) in [5, 5.41) is 7.72. The standard InChI is InChI=1S/C32H40ClF3N8O5/c1-18(2)26(37)29(46)48-13-12-47-28(45)22-16-31(17-39-22)7-10-43(11-8-31)24-15-25(41-30(38)40-24)49-27(32(34,35)36)21-5-4-20(33)14-23(21)44-9-6-19(3)42-44/h4-6,9,14-15,18,22,26-27,39H,7-8,10-13,16-17,37H2,1-3H3,(H2,38,40,41)/t22-,26+,27+/m0/s1. The highest BCUT2D eigenvalue weighted by Gasteiger charge is 2.46. The fraction of sp³-hybridized carbons (Fsp3) is 0.531. The van der Waals surface area contributed by atoms with Gasteiger partial charge in [0.05, 0.1) is 11.4 Å². The van der Waals surface area contributed by atoms with E-state index in [1.54, 1.807) is 13.0 Å². The van der Waals surface area contributed by atoms with Crippen molar-refractivity contribution in [3.63, 3.8) is 0 Å². The molecule has 49 heavy (non-hydrogen) atoms. The van der Waals surface area contributed by atoms with Gasteiger partial charge in [-0.2, -0.15) is 28.2 Å². The lowest BCUT2D eigenvalue weighted by atomic mass is 9.76. The summed E-state index contributed by atoms with van der Waals surface area (Å²) < 4.78 is 60.9. The fourth-order valence-electron chi connectivity index (χ4n) is 5.99. The number of aryl methyl sites for hydroxylation is 1. The van der Waals surface area contributed by atoms with Crippen LogP contribution in [0.25, 0.3) is 5.69 Å². The lowest BCUT2D eigenvalue weighted by Gasteiger charge is -2.39. The maximum absolute atomic E-state index is 14.5. The number of aromatic nitrogens is 4. The number of rotatable bonds is 11. The monoisotopic (exact) mass is 708 g/mol. The normalized spacial score (nSPS) is 18.8. The number of nitrogens with two attached hydrogens (primary N) is 2. The maximum Gasteiger partial charge on any atom is 0.429 e. The SMILES string of the molecule is Cc1ccn(-c2cc(Cl)ccc2[C@@H](Oc2cc(N3CCC4(CC3)CN[C@H](C(=O)OCCOC(=O)[C@H](N)C(C)C)C4)nc(N)n2)C(F)(F)F)n1. The Morgan fingerprint density at radius 2 is 1.84 bits per heavy atom. The van der Waals surface area contributed by atoms with Crippen molar-refractivity contribution in [3.05, 3.63) is 52.8 Å². The van der Waals surface area contributed by atoms with E-state index >= 15 is 0 Å². The number of benzene rings is 1. The number of esters is 2. The molecule has 2 aromatic heterocycles. The van der Waals surface area contributed by atoms with E-state index in [2.05, 4.69) is 20.4 Å². The van der Waals surface area contributed by atoms with E-state index in [4.69, 9.17) is 37.3 Å². The van der Waals surface area contributed by atoms with Crippen LogP contribution in [-0.4, -0.2) is 82.8 Å². The molecule has 2 aliphatic heterocycles. The second kappa shape index (κ2) is 14.8. The van der Waals surface area contributed by atoms with Crippen LogP contribution in [0, 0.1) is 18.3 Å². The molecule has 1 spiro atoms. The summed E-state index contributed by atoms with van der Waals surface area (Å²) in [5.41, 5.74) is 12.0.